The van der Waals surface area contributed by atoms with Crippen molar-refractivity contribution in [3.63, 3.8) is 0 Å². The van der Waals surface area contributed by atoms with Crippen LogP contribution in [-0.2, 0) is 0 Å². The largest absolute Gasteiger partial charge is 0.355 e. The second kappa shape index (κ2) is 2.30. The maximum Gasteiger partial charge on any atom is 0.170 e. The van der Waals surface area contributed by atoms with E-state index in [9.17, 15) is 4.39 Å². The molecule has 1 aromatic carbocycles. The predicted molar refractivity (Wildman–Crippen MR) is 41.7 cm³/mol. The number of aromatic nitrogens is 1. The highest BCUT2D eigenvalue weighted by Gasteiger charge is 2.04. The molecule has 0 spiro atoms. The SMILES string of the molecule is Fc1ccc2c(Br)noc2c1. The van der Waals surface area contributed by atoms with Crippen LogP contribution in [0.4, 0.5) is 4.39 Å². The Balaban J connectivity index is 2.86. The lowest BCUT2D eigenvalue weighted by Crippen LogP contribution is -1.70. The van der Waals surface area contributed by atoms with E-state index in [4.69, 9.17) is 4.52 Å². The first kappa shape index (κ1) is 6.79. The number of benzene rings is 1. The van der Waals surface area contributed by atoms with Crippen LogP contribution in [0.2, 0.25) is 0 Å². The van der Waals surface area contributed by atoms with Gasteiger partial charge in [-0.05, 0) is 28.1 Å². The molecule has 0 N–H and O–H groups in total. The van der Waals surface area contributed by atoms with Gasteiger partial charge in [0, 0.05) is 6.07 Å². The second-order valence-corrected chi connectivity index (χ2v) is 2.87. The summed E-state index contributed by atoms with van der Waals surface area (Å²) in [6, 6.07) is 4.28. The quantitative estimate of drug-likeness (QED) is 0.676. The van der Waals surface area contributed by atoms with Gasteiger partial charge in [-0.3, -0.25) is 0 Å². The molecule has 0 saturated heterocycles. The fraction of sp³-hybridized carbons (Fsp3) is 0. The molecule has 1 aromatic heterocycles. The normalized spacial score (nSPS) is 10.7. The predicted octanol–water partition coefficient (Wildman–Crippen LogP) is 2.73. The number of halogens is 2. The lowest BCUT2D eigenvalue weighted by atomic mass is 10.3. The zero-order valence-electron chi connectivity index (χ0n) is 5.34. The number of fused-ring (bicyclic) bond motifs is 1. The van der Waals surface area contributed by atoms with Crippen molar-refractivity contribution in [1.82, 2.24) is 5.16 Å². The highest BCUT2D eigenvalue weighted by molar-refractivity contribution is 9.10. The monoisotopic (exact) mass is 215 g/mol. The fourth-order valence-corrected chi connectivity index (χ4v) is 1.28. The summed E-state index contributed by atoms with van der Waals surface area (Å²) in [6.45, 7) is 0. The Morgan fingerprint density at radius 1 is 1.45 bits per heavy atom. The maximum atomic E-state index is 12.5. The summed E-state index contributed by atoms with van der Waals surface area (Å²) in [5, 5.41) is 4.40. The molecule has 2 nitrogen and oxygen atoms in total. The van der Waals surface area contributed by atoms with Crippen LogP contribution in [0.5, 0.6) is 0 Å². The van der Waals surface area contributed by atoms with Gasteiger partial charge in [-0.2, -0.15) is 0 Å². The highest BCUT2D eigenvalue weighted by Crippen LogP contribution is 2.23. The molecule has 0 aliphatic carbocycles. The Kier molecular flexibility index (Phi) is 1.42. The zero-order chi connectivity index (χ0) is 7.84. The molecule has 56 valence electrons. The van der Waals surface area contributed by atoms with Crippen molar-refractivity contribution in [1.29, 1.82) is 0 Å². The number of hydrogen-bond donors (Lipinski definition) is 0. The van der Waals surface area contributed by atoms with Crippen LogP contribution in [-0.4, -0.2) is 5.16 Å². The lowest BCUT2D eigenvalue weighted by Gasteiger charge is -1.85. The average molecular weight is 216 g/mol. The Morgan fingerprint density at radius 2 is 2.27 bits per heavy atom. The first-order valence-corrected chi connectivity index (χ1v) is 3.77. The molecule has 0 fully saturated rings. The molecule has 0 unspecified atom stereocenters. The number of rotatable bonds is 0. The maximum absolute atomic E-state index is 12.5. The molecule has 0 saturated carbocycles. The summed E-state index contributed by atoms with van der Waals surface area (Å²) < 4.78 is 17.9. The Labute approximate surface area is 70.1 Å². The van der Waals surface area contributed by atoms with E-state index >= 15 is 0 Å². The molecule has 2 aromatic rings. The van der Waals surface area contributed by atoms with Crippen LogP contribution in [0.1, 0.15) is 0 Å². The highest BCUT2D eigenvalue weighted by atomic mass is 79.9. The Bertz CT molecular complexity index is 398. The minimum absolute atomic E-state index is 0.318. The van der Waals surface area contributed by atoms with E-state index in [0.717, 1.165) is 5.39 Å². The molecular formula is C7H3BrFNO. The molecule has 4 heteroatoms. The van der Waals surface area contributed by atoms with E-state index in [-0.39, 0.29) is 5.82 Å². The third-order valence-corrected chi connectivity index (χ3v) is 1.96. The lowest BCUT2D eigenvalue weighted by molar-refractivity contribution is 0.450. The number of nitrogens with zero attached hydrogens (tertiary/aromatic N) is 1. The van der Waals surface area contributed by atoms with Crippen molar-refractivity contribution in [2.24, 2.45) is 0 Å². The van der Waals surface area contributed by atoms with Crippen molar-refractivity contribution in [2.45, 2.75) is 0 Å². The molecular weight excluding hydrogens is 213 g/mol. The smallest absolute Gasteiger partial charge is 0.170 e. The van der Waals surface area contributed by atoms with Crippen LogP contribution < -0.4 is 0 Å². The Hall–Kier alpha value is -0.900. The average Bonchev–Trinajstić information content (AvgIpc) is 2.32. The summed E-state index contributed by atoms with van der Waals surface area (Å²) in [5.74, 6) is -0.318. The first-order valence-electron chi connectivity index (χ1n) is 2.98. The van der Waals surface area contributed by atoms with Gasteiger partial charge < -0.3 is 4.52 Å². The topological polar surface area (TPSA) is 26.0 Å². The molecule has 0 bridgehead atoms. The van der Waals surface area contributed by atoms with E-state index in [2.05, 4.69) is 21.1 Å². The van der Waals surface area contributed by atoms with E-state index in [1.54, 1.807) is 6.07 Å². The van der Waals surface area contributed by atoms with E-state index in [1.807, 2.05) is 0 Å². The molecule has 11 heavy (non-hydrogen) atoms. The third kappa shape index (κ3) is 1.03. The summed E-state index contributed by atoms with van der Waals surface area (Å²) in [6.07, 6.45) is 0. The van der Waals surface area contributed by atoms with Gasteiger partial charge in [0.25, 0.3) is 0 Å². The fourth-order valence-electron chi connectivity index (χ4n) is 0.881. The van der Waals surface area contributed by atoms with Gasteiger partial charge in [0.05, 0.1) is 5.39 Å². The molecule has 0 atom stereocenters. The Morgan fingerprint density at radius 3 is 3.09 bits per heavy atom. The van der Waals surface area contributed by atoms with Gasteiger partial charge in [0.15, 0.2) is 10.2 Å². The van der Waals surface area contributed by atoms with E-state index in [1.165, 1.54) is 12.1 Å². The van der Waals surface area contributed by atoms with Crippen LogP contribution in [0.15, 0.2) is 27.3 Å². The van der Waals surface area contributed by atoms with Gasteiger partial charge >= 0.3 is 0 Å². The molecule has 0 aliphatic rings. The summed E-state index contributed by atoms with van der Waals surface area (Å²) >= 11 is 3.16. The second-order valence-electron chi connectivity index (χ2n) is 2.11. The van der Waals surface area contributed by atoms with Gasteiger partial charge in [0.2, 0.25) is 0 Å². The van der Waals surface area contributed by atoms with Crippen LogP contribution >= 0.6 is 15.9 Å². The van der Waals surface area contributed by atoms with Crippen molar-refractivity contribution in [2.75, 3.05) is 0 Å². The van der Waals surface area contributed by atoms with Gasteiger partial charge in [-0.25, -0.2) is 4.39 Å². The van der Waals surface area contributed by atoms with Crippen LogP contribution in [0, 0.1) is 5.82 Å². The van der Waals surface area contributed by atoms with E-state index < -0.39 is 0 Å². The van der Waals surface area contributed by atoms with Crippen LogP contribution in [0.25, 0.3) is 11.0 Å². The molecule has 0 amide bonds. The number of hydrogen-bond acceptors (Lipinski definition) is 2. The van der Waals surface area contributed by atoms with Crippen molar-refractivity contribution < 1.29 is 8.91 Å². The first-order chi connectivity index (χ1) is 5.27. The molecule has 0 radical (unpaired) electrons. The molecule has 1 heterocycles. The van der Waals surface area contributed by atoms with Crippen LogP contribution in [0.3, 0.4) is 0 Å². The van der Waals surface area contributed by atoms with E-state index in [0.29, 0.717) is 10.2 Å². The summed E-state index contributed by atoms with van der Waals surface area (Å²) in [5.41, 5.74) is 0.455. The minimum Gasteiger partial charge on any atom is -0.355 e. The van der Waals surface area contributed by atoms with Gasteiger partial charge in [-0.1, -0.05) is 5.16 Å². The van der Waals surface area contributed by atoms with Crippen molar-refractivity contribution in [3.05, 3.63) is 28.6 Å². The minimum atomic E-state index is -0.318. The van der Waals surface area contributed by atoms with Gasteiger partial charge in [-0.15, -0.1) is 0 Å². The van der Waals surface area contributed by atoms with Gasteiger partial charge in [0.1, 0.15) is 5.82 Å². The van der Waals surface area contributed by atoms with Crippen molar-refractivity contribution >= 4 is 26.9 Å². The molecule has 2 rings (SSSR count). The zero-order valence-corrected chi connectivity index (χ0v) is 6.93. The standard InChI is InChI=1S/C7H3BrFNO/c8-7-5-2-1-4(9)3-6(5)11-10-7/h1-3H. The third-order valence-electron chi connectivity index (χ3n) is 1.39. The van der Waals surface area contributed by atoms with Crippen molar-refractivity contribution in [3.8, 4) is 0 Å². The summed E-state index contributed by atoms with van der Waals surface area (Å²) in [4.78, 5) is 0. The summed E-state index contributed by atoms with van der Waals surface area (Å²) in [7, 11) is 0. The molecule has 0 aliphatic heterocycles.